The lowest BCUT2D eigenvalue weighted by Gasteiger charge is -2.15. The third-order valence-corrected chi connectivity index (χ3v) is 15.0. The van der Waals surface area contributed by atoms with Gasteiger partial charge in [0.2, 0.25) is 0 Å². The lowest BCUT2D eigenvalue weighted by atomic mass is 9.89. The standard InChI is InChI=1S/C64H37N3/c1-2-11-46(12-3-1)65-56-18-7-5-14-49(56)54-35-38(25-29-59(54)65)44-31-40-21-23-42-33-45(34-43-24-22-41(32-44)62(40)63(42)43)39-26-30-60-55(36-39)50-15-6-8-19-57(50)66(60)47-27-28-51-53-17-10-16-52-48-13-4-9-20-58(48)67(64(52)53)61(51)37-47/h1-37H. The van der Waals surface area contributed by atoms with Gasteiger partial charge >= 0.3 is 0 Å². The number of benzene rings is 12. The number of hydrogen-bond acceptors (Lipinski definition) is 0. The second kappa shape index (κ2) is 12.9. The van der Waals surface area contributed by atoms with Crippen LogP contribution < -0.4 is 0 Å². The van der Waals surface area contributed by atoms with Crippen LogP contribution in [0.2, 0.25) is 0 Å². The Labute approximate surface area is 383 Å². The van der Waals surface area contributed by atoms with E-state index in [-0.39, 0.29) is 0 Å². The van der Waals surface area contributed by atoms with Gasteiger partial charge in [0.1, 0.15) is 0 Å². The largest absolute Gasteiger partial charge is 0.309 e. The first kappa shape index (κ1) is 35.4. The lowest BCUT2D eigenvalue weighted by molar-refractivity contribution is 1.18. The maximum absolute atomic E-state index is 2.48. The van der Waals surface area contributed by atoms with Gasteiger partial charge in [-0.3, -0.25) is 0 Å². The van der Waals surface area contributed by atoms with Crippen LogP contribution in [0.3, 0.4) is 0 Å². The van der Waals surface area contributed by atoms with Crippen LogP contribution in [0.1, 0.15) is 0 Å². The van der Waals surface area contributed by atoms with Gasteiger partial charge in [-0.25, -0.2) is 0 Å². The first-order chi connectivity index (χ1) is 33.2. The molecule has 0 radical (unpaired) electrons. The Morgan fingerprint density at radius 2 is 0.657 bits per heavy atom. The highest BCUT2D eigenvalue weighted by Gasteiger charge is 2.21. The van der Waals surface area contributed by atoms with Crippen molar-refractivity contribution >= 4 is 114 Å². The average Bonchev–Trinajstić information content (AvgIpc) is 4.12. The summed E-state index contributed by atoms with van der Waals surface area (Å²) >= 11 is 0. The normalized spacial score (nSPS) is 12.5. The van der Waals surface area contributed by atoms with Crippen LogP contribution in [0.25, 0.3) is 148 Å². The molecule has 0 saturated heterocycles. The van der Waals surface area contributed by atoms with Crippen molar-refractivity contribution in [1.29, 1.82) is 0 Å². The molecule has 0 N–H and O–H groups in total. The smallest absolute Gasteiger partial charge is 0.0620 e. The fourth-order valence-electron chi connectivity index (χ4n) is 12.2. The highest BCUT2D eigenvalue weighted by Crippen LogP contribution is 2.44. The molecule has 3 heteroatoms. The zero-order chi connectivity index (χ0) is 43.5. The van der Waals surface area contributed by atoms with E-state index in [0.717, 1.165) is 0 Å². The number of aromatic nitrogens is 3. The van der Waals surface area contributed by atoms with Gasteiger partial charge in [0.05, 0.1) is 38.6 Å². The van der Waals surface area contributed by atoms with E-state index >= 15 is 0 Å². The minimum absolute atomic E-state index is 1.17. The van der Waals surface area contributed by atoms with Crippen molar-refractivity contribution in [2.75, 3.05) is 0 Å². The summed E-state index contributed by atoms with van der Waals surface area (Å²) in [5, 5.41) is 18.0. The minimum atomic E-state index is 1.17. The molecule has 0 spiro atoms. The van der Waals surface area contributed by atoms with Gasteiger partial charge in [-0.15, -0.1) is 0 Å². The fraction of sp³-hybridized carbons (Fsp3) is 0. The van der Waals surface area contributed by atoms with E-state index in [1.807, 2.05) is 0 Å². The fourth-order valence-corrected chi connectivity index (χ4v) is 12.2. The summed E-state index contributed by atoms with van der Waals surface area (Å²) in [5.74, 6) is 0. The van der Waals surface area contributed by atoms with Crippen molar-refractivity contribution < 1.29 is 0 Å². The van der Waals surface area contributed by atoms with Crippen molar-refractivity contribution in [3.8, 4) is 33.6 Å². The van der Waals surface area contributed by atoms with Crippen LogP contribution in [0, 0.1) is 0 Å². The van der Waals surface area contributed by atoms with E-state index < -0.39 is 0 Å². The van der Waals surface area contributed by atoms with Crippen LogP contribution in [0.5, 0.6) is 0 Å². The van der Waals surface area contributed by atoms with Crippen molar-refractivity contribution in [3.63, 3.8) is 0 Å². The zero-order valence-corrected chi connectivity index (χ0v) is 36.2. The van der Waals surface area contributed by atoms with Gasteiger partial charge < -0.3 is 13.5 Å². The van der Waals surface area contributed by atoms with Crippen molar-refractivity contribution in [1.82, 2.24) is 13.5 Å². The average molecular weight is 848 g/mol. The summed E-state index contributed by atoms with van der Waals surface area (Å²) in [6, 6.07) is 83.8. The predicted molar refractivity (Wildman–Crippen MR) is 284 cm³/mol. The Morgan fingerprint density at radius 3 is 1.21 bits per heavy atom. The molecule has 0 atom stereocenters. The third-order valence-electron chi connectivity index (χ3n) is 15.0. The molecule has 0 bridgehead atoms. The SMILES string of the molecule is c1ccc(-n2c3ccccc3c3cc(-c4cc5ccc6cc(-c7ccc8c(c7)c7ccccc7n8-c7ccc8c9cccc%10c%11ccccc%11n(c8c7)c%109)cc7ccc(c4)c5c67)ccc32)cc1. The molecule has 308 valence electrons. The highest BCUT2D eigenvalue weighted by atomic mass is 15.0. The van der Waals surface area contributed by atoms with E-state index in [9.17, 15) is 0 Å². The van der Waals surface area contributed by atoms with Gasteiger partial charge in [-0.1, -0.05) is 133 Å². The number of nitrogens with zero attached hydrogens (tertiary/aromatic N) is 3. The van der Waals surface area contributed by atoms with Gasteiger partial charge in [0.25, 0.3) is 0 Å². The van der Waals surface area contributed by atoms with Crippen LogP contribution in [0.15, 0.2) is 224 Å². The molecule has 16 rings (SSSR count). The number of rotatable bonds is 4. The molecule has 4 heterocycles. The molecule has 16 aromatic rings. The molecule has 4 aromatic heterocycles. The monoisotopic (exact) mass is 847 g/mol. The lowest BCUT2D eigenvalue weighted by Crippen LogP contribution is -1.94. The first-order valence-corrected chi connectivity index (χ1v) is 23.2. The van der Waals surface area contributed by atoms with Gasteiger partial charge in [0.15, 0.2) is 0 Å². The number of para-hydroxylation sites is 5. The van der Waals surface area contributed by atoms with E-state index in [1.165, 1.54) is 148 Å². The van der Waals surface area contributed by atoms with Crippen LogP contribution in [-0.2, 0) is 0 Å². The quantitative estimate of drug-likeness (QED) is 0.157. The second-order valence-corrected chi connectivity index (χ2v) is 18.5. The molecule has 67 heavy (non-hydrogen) atoms. The predicted octanol–water partition coefficient (Wildman–Crippen LogP) is 17.3. The first-order valence-electron chi connectivity index (χ1n) is 23.2. The van der Waals surface area contributed by atoms with Crippen LogP contribution in [0.4, 0.5) is 0 Å². The minimum Gasteiger partial charge on any atom is -0.309 e. The van der Waals surface area contributed by atoms with E-state index in [0.29, 0.717) is 0 Å². The molecular weight excluding hydrogens is 811 g/mol. The van der Waals surface area contributed by atoms with Gasteiger partial charge in [-0.2, -0.15) is 0 Å². The van der Waals surface area contributed by atoms with Crippen molar-refractivity contribution in [3.05, 3.63) is 224 Å². The topological polar surface area (TPSA) is 14.3 Å². The summed E-state index contributed by atoms with van der Waals surface area (Å²) in [6.07, 6.45) is 0. The maximum Gasteiger partial charge on any atom is 0.0620 e. The molecule has 0 unspecified atom stereocenters. The van der Waals surface area contributed by atoms with Gasteiger partial charge in [0, 0.05) is 54.5 Å². The molecule has 0 fully saturated rings. The summed E-state index contributed by atoms with van der Waals surface area (Å²) in [6.45, 7) is 0. The molecule has 3 nitrogen and oxygen atoms in total. The van der Waals surface area contributed by atoms with Crippen LogP contribution in [-0.4, -0.2) is 13.5 Å². The second-order valence-electron chi connectivity index (χ2n) is 18.5. The van der Waals surface area contributed by atoms with Crippen molar-refractivity contribution in [2.24, 2.45) is 0 Å². The summed E-state index contributed by atoms with van der Waals surface area (Å²) in [4.78, 5) is 0. The third kappa shape index (κ3) is 4.74. The molecule has 0 aliphatic heterocycles. The van der Waals surface area contributed by atoms with Crippen LogP contribution >= 0.6 is 0 Å². The zero-order valence-electron chi connectivity index (χ0n) is 36.2. The Hall–Kier alpha value is -8.92. The highest BCUT2D eigenvalue weighted by molar-refractivity contribution is 6.26. The molecule has 0 aliphatic rings. The number of hydrogen-bond donors (Lipinski definition) is 0. The van der Waals surface area contributed by atoms with Gasteiger partial charge in [-0.05, 0) is 146 Å². The summed E-state index contributed by atoms with van der Waals surface area (Å²) in [5.41, 5.74) is 15.9. The summed E-state index contributed by atoms with van der Waals surface area (Å²) in [7, 11) is 0. The Morgan fingerprint density at radius 1 is 0.224 bits per heavy atom. The Balaban J connectivity index is 0.817. The van der Waals surface area contributed by atoms with Crippen molar-refractivity contribution in [2.45, 2.75) is 0 Å². The Bertz CT molecular complexity index is 4670. The molecule has 0 amide bonds. The van der Waals surface area contributed by atoms with E-state index in [1.54, 1.807) is 0 Å². The summed E-state index contributed by atoms with van der Waals surface area (Å²) < 4.78 is 7.31. The maximum atomic E-state index is 2.48. The molecular formula is C64H37N3. The Kier molecular flexibility index (Phi) is 6.81. The molecule has 0 aliphatic carbocycles. The van der Waals surface area contributed by atoms with E-state index in [2.05, 4.69) is 238 Å². The molecule has 12 aromatic carbocycles. The number of fused-ring (bicyclic) bond motifs is 12. The molecule has 0 saturated carbocycles. The van der Waals surface area contributed by atoms with E-state index in [4.69, 9.17) is 0 Å².